The molecule has 4 atom stereocenters. The quantitative estimate of drug-likeness (QED) is 0.675. The molecule has 1 N–H and O–H groups in total. The SMILES string of the molecule is Cc1ccc(N2C[C@H]3C[C@@H](C2)[C@H](C(=O)N(C)Cc2ccoc2)N2C(=O)CCC[C@@H]32)nn1.O=CO. The fourth-order valence-corrected chi connectivity index (χ4v) is 5.68. The van der Waals surface area contributed by atoms with Gasteiger partial charge >= 0.3 is 0 Å². The summed E-state index contributed by atoms with van der Waals surface area (Å²) in [5, 5.41) is 15.5. The Bertz CT molecular complexity index is 996. The maximum atomic E-state index is 13.7. The average Bonchev–Trinajstić information content (AvgIpc) is 3.33. The molecule has 10 heteroatoms. The van der Waals surface area contributed by atoms with E-state index in [0.29, 0.717) is 25.4 Å². The van der Waals surface area contributed by atoms with Crippen LogP contribution in [-0.2, 0) is 20.9 Å². The molecule has 3 aliphatic heterocycles. The lowest BCUT2D eigenvalue weighted by molar-refractivity contribution is -0.160. The zero-order valence-corrected chi connectivity index (χ0v) is 19.5. The molecule has 182 valence electrons. The van der Waals surface area contributed by atoms with Gasteiger partial charge in [-0.15, -0.1) is 5.10 Å². The number of hydrogen-bond donors (Lipinski definition) is 1. The average molecular weight is 470 g/mol. The number of rotatable bonds is 4. The van der Waals surface area contributed by atoms with Crippen molar-refractivity contribution in [3.05, 3.63) is 42.0 Å². The Kier molecular flexibility index (Phi) is 7.14. The fraction of sp³-hybridized carbons (Fsp3) is 0.542. The van der Waals surface area contributed by atoms with Crippen molar-refractivity contribution in [3.63, 3.8) is 0 Å². The van der Waals surface area contributed by atoms with Crippen LogP contribution >= 0.6 is 0 Å². The molecule has 0 radical (unpaired) electrons. The lowest BCUT2D eigenvalue weighted by atomic mass is 9.71. The van der Waals surface area contributed by atoms with Crippen LogP contribution in [0.2, 0.25) is 0 Å². The maximum absolute atomic E-state index is 13.7. The van der Waals surface area contributed by atoms with Crippen LogP contribution in [0.15, 0.2) is 35.1 Å². The Balaban J connectivity index is 0.000000868. The number of likely N-dealkylation sites (N-methyl/N-ethyl adjacent to an activating group) is 1. The Morgan fingerprint density at radius 1 is 1.26 bits per heavy atom. The summed E-state index contributed by atoms with van der Waals surface area (Å²) in [4.78, 5) is 41.0. The summed E-state index contributed by atoms with van der Waals surface area (Å²) >= 11 is 0. The van der Waals surface area contributed by atoms with Gasteiger partial charge in [-0.05, 0) is 50.3 Å². The first-order valence-electron chi connectivity index (χ1n) is 11.6. The van der Waals surface area contributed by atoms with Gasteiger partial charge in [0.1, 0.15) is 6.04 Å². The third-order valence-electron chi connectivity index (χ3n) is 7.08. The van der Waals surface area contributed by atoms with Gasteiger partial charge in [0.05, 0.1) is 18.2 Å². The van der Waals surface area contributed by atoms with Gasteiger partial charge in [-0.2, -0.15) is 5.10 Å². The predicted octanol–water partition coefficient (Wildman–Crippen LogP) is 1.94. The molecule has 5 heterocycles. The van der Waals surface area contributed by atoms with Crippen LogP contribution in [-0.4, -0.2) is 75.6 Å². The smallest absolute Gasteiger partial charge is 0.290 e. The highest BCUT2D eigenvalue weighted by molar-refractivity contribution is 5.89. The van der Waals surface area contributed by atoms with Gasteiger partial charge in [0.25, 0.3) is 6.47 Å². The Morgan fingerprint density at radius 3 is 2.71 bits per heavy atom. The summed E-state index contributed by atoms with van der Waals surface area (Å²) in [6, 6.07) is 5.55. The molecule has 2 aromatic heterocycles. The number of aryl methyl sites for hydroxylation is 1. The van der Waals surface area contributed by atoms with Crippen molar-refractivity contribution >= 4 is 24.1 Å². The van der Waals surface area contributed by atoms with Crippen LogP contribution in [0.4, 0.5) is 5.82 Å². The van der Waals surface area contributed by atoms with Crippen molar-refractivity contribution in [1.82, 2.24) is 20.0 Å². The molecule has 10 nitrogen and oxygen atoms in total. The summed E-state index contributed by atoms with van der Waals surface area (Å²) < 4.78 is 5.16. The molecule has 2 bridgehead atoms. The Hall–Kier alpha value is -3.43. The van der Waals surface area contributed by atoms with E-state index in [1.54, 1.807) is 17.4 Å². The van der Waals surface area contributed by atoms with Gasteiger partial charge in [0, 0.05) is 50.6 Å². The molecule has 0 saturated carbocycles. The van der Waals surface area contributed by atoms with E-state index >= 15 is 0 Å². The Morgan fingerprint density at radius 2 is 2.03 bits per heavy atom. The highest BCUT2D eigenvalue weighted by Gasteiger charge is 2.52. The van der Waals surface area contributed by atoms with Gasteiger partial charge in [-0.3, -0.25) is 14.4 Å². The van der Waals surface area contributed by atoms with Crippen LogP contribution in [0.5, 0.6) is 0 Å². The van der Waals surface area contributed by atoms with E-state index in [-0.39, 0.29) is 30.2 Å². The molecule has 3 saturated heterocycles. The highest BCUT2D eigenvalue weighted by atomic mass is 16.3. The minimum atomic E-state index is -0.424. The lowest BCUT2D eigenvalue weighted by Crippen LogP contribution is -2.68. The zero-order chi connectivity index (χ0) is 24.2. The van der Waals surface area contributed by atoms with Crippen LogP contribution in [0, 0.1) is 18.8 Å². The molecule has 34 heavy (non-hydrogen) atoms. The van der Waals surface area contributed by atoms with E-state index in [1.807, 2.05) is 37.1 Å². The third kappa shape index (κ3) is 4.76. The second-order valence-corrected chi connectivity index (χ2v) is 9.33. The number of furan rings is 1. The molecule has 0 aromatic carbocycles. The van der Waals surface area contributed by atoms with E-state index in [1.165, 1.54) is 0 Å². The molecule has 0 unspecified atom stereocenters. The number of aromatic nitrogens is 2. The lowest BCUT2D eigenvalue weighted by Gasteiger charge is -2.56. The van der Waals surface area contributed by atoms with E-state index < -0.39 is 6.04 Å². The molecule has 0 spiro atoms. The summed E-state index contributed by atoms with van der Waals surface area (Å²) in [6.45, 7) is 3.72. The molecule has 3 aliphatic rings. The van der Waals surface area contributed by atoms with Crippen molar-refractivity contribution in [2.24, 2.45) is 11.8 Å². The number of hydrogen-bond acceptors (Lipinski definition) is 7. The van der Waals surface area contributed by atoms with Gasteiger partial charge in [-0.25, -0.2) is 0 Å². The summed E-state index contributed by atoms with van der Waals surface area (Å²) in [5.41, 5.74) is 1.84. The topological polar surface area (TPSA) is 120 Å². The minimum absolute atomic E-state index is 0.0155. The van der Waals surface area contributed by atoms with E-state index in [9.17, 15) is 9.59 Å². The zero-order valence-electron chi connectivity index (χ0n) is 19.5. The molecule has 2 aromatic rings. The van der Waals surface area contributed by atoms with Gasteiger partial charge in [-0.1, -0.05) is 0 Å². The van der Waals surface area contributed by atoms with Gasteiger partial charge < -0.3 is 24.2 Å². The third-order valence-corrected chi connectivity index (χ3v) is 7.08. The predicted molar refractivity (Wildman–Crippen MR) is 123 cm³/mol. The van der Waals surface area contributed by atoms with E-state index in [4.69, 9.17) is 14.3 Å². The number of piperidine rings is 3. The van der Waals surface area contributed by atoms with E-state index in [0.717, 1.165) is 42.9 Å². The van der Waals surface area contributed by atoms with Crippen LogP contribution in [0.25, 0.3) is 0 Å². The van der Waals surface area contributed by atoms with Crippen molar-refractivity contribution in [2.75, 3.05) is 25.0 Å². The molecular weight excluding hydrogens is 438 g/mol. The van der Waals surface area contributed by atoms with Crippen LogP contribution in [0.3, 0.4) is 0 Å². The summed E-state index contributed by atoms with van der Waals surface area (Å²) in [6.07, 6.45) is 6.65. The number of carbonyl (C=O) groups is 3. The van der Waals surface area contributed by atoms with Crippen LogP contribution in [0.1, 0.15) is 36.9 Å². The number of carbonyl (C=O) groups excluding carboxylic acids is 2. The number of anilines is 1. The second kappa shape index (κ2) is 10.2. The molecule has 0 aliphatic carbocycles. The standard InChI is InChI=1S/C23H29N5O3.CH2O2/c1-15-6-7-20(25-24-15)27-12-17-10-18(13-27)22(28-19(17)4-3-5-21(28)29)23(30)26(2)11-16-8-9-31-14-16;2-1-3/h6-9,14,17-19,22H,3-5,10-13H2,1-2H3;1H,(H,2,3)/t17-,18+,19+,22-;/m1./s1. The first kappa shape index (κ1) is 23.7. The van der Waals surface area contributed by atoms with Crippen molar-refractivity contribution in [2.45, 2.75) is 51.2 Å². The normalized spacial score (nSPS) is 25.6. The number of amides is 2. The van der Waals surface area contributed by atoms with Crippen molar-refractivity contribution < 1.29 is 23.9 Å². The largest absolute Gasteiger partial charge is 0.483 e. The fourth-order valence-electron chi connectivity index (χ4n) is 5.68. The number of carboxylic acid groups (broad SMARTS) is 1. The maximum Gasteiger partial charge on any atom is 0.290 e. The molecular formula is C24H31N5O5. The second-order valence-electron chi connectivity index (χ2n) is 9.33. The number of fused-ring (bicyclic) bond motifs is 4. The molecule has 2 amide bonds. The van der Waals surface area contributed by atoms with Crippen molar-refractivity contribution in [1.29, 1.82) is 0 Å². The first-order valence-corrected chi connectivity index (χ1v) is 11.6. The Labute approximate surface area is 198 Å². The summed E-state index contributed by atoms with van der Waals surface area (Å²) in [5.74, 6) is 1.44. The molecule has 3 fully saturated rings. The van der Waals surface area contributed by atoms with Gasteiger partial charge in [0.15, 0.2) is 5.82 Å². The number of nitrogens with zero attached hydrogens (tertiary/aromatic N) is 5. The molecule has 5 rings (SSSR count). The van der Waals surface area contributed by atoms with Gasteiger partial charge in [0.2, 0.25) is 11.8 Å². The van der Waals surface area contributed by atoms with E-state index in [2.05, 4.69) is 15.1 Å². The highest BCUT2D eigenvalue weighted by Crippen LogP contribution is 2.42. The monoisotopic (exact) mass is 469 g/mol. The van der Waals surface area contributed by atoms with Crippen molar-refractivity contribution in [3.8, 4) is 0 Å². The minimum Gasteiger partial charge on any atom is -0.483 e. The first-order chi connectivity index (χ1) is 16.4. The summed E-state index contributed by atoms with van der Waals surface area (Å²) in [7, 11) is 1.82. The van der Waals surface area contributed by atoms with Crippen LogP contribution < -0.4 is 4.90 Å².